The number of halogens is 1. The molecular formula is C22H40IN5O2. The van der Waals surface area contributed by atoms with Crippen LogP contribution >= 0.6 is 24.0 Å². The zero-order valence-electron chi connectivity index (χ0n) is 19.2. The van der Waals surface area contributed by atoms with Crippen LogP contribution < -0.4 is 20.1 Å². The molecule has 2 N–H and O–H groups in total. The summed E-state index contributed by atoms with van der Waals surface area (Å²) in [6.07, 6.45) is 0.00735. The van der Waals surface area contributed by atoms with Crippen molar-refractivity contribution in [1.29, 1.82) is 0 Å². The predicted molar refractivity (Wildman–Crippen MR) is 136 cm³/mol. The first-order chi connectivity index (χ1) is 14.0. The van der Waals surface area contributed by atoms with Gasteiger partial charge in [0.1, 0.15) is 17.6 Å². The number of nitrogens with zero attached hydrogens (tertiary/aromatic N) is 3. The molecule has 1 aliphatic rings. The van der Waals surface area contributed by atoms with Crippen LogP contribution in [0.4, 0.5) is 0 Å². The molecule has 2 unspecified atom stereocenters. The Morgan fingerprint density at radius 1 is 1.07 bits per heavy atom. The second-order valence-electron chi connectivity index (χ2n) is 7.78. The third-order valence-electron chi connectivity index (χ3n) is 5.26. The average molecular weight is 533 g/mol. The SMILES string of the molecule is CCN1CCN(CC(C)CNC(=NC)NCC(C)Oc2cccc(OC)c2)CC1.I. The van der Waals surface area contributed by atoms with Gasteiger partial charge in [-0.1, -0.05) is 19.9 Å². The van der Waals surface area contributed by atoms with E-state index in [9.17, 15) is 0 Å². The summed E-state index contributed by atoms with van der Waals surface area (Å²) in [6, 6.07) is 7.67. The van der Waals surface area contributed by atoms with Crippen LogP contribution in [0, 0.1) is 5.92 Å². The molecule has 30 heavy (non-hydrogen) atoms. The van der Waals surface area contributed by atoms with Gasteiger partial charge < -0.3 is 29.9 Å². The van der Waals surface area contributed by atoms with Crippen molar-refractivity contribution in [1.82, 2.24) is 20.4 Å². The van der Waals surface area contributed by atoms with Crippen LogP contribution in [0.15, 0.2) is 29.3 Å². The Morgan fingerprint density at radius 3 is 2.33 bits per heavy atom. The molecular weight excluding hydrogens is 493 g/mol. The largest absolute Gasteiger partial charge is 0.497 e. The molecule has 2 atom stereocenters. The summed E-state index contributed by atoms with van der Waals surface area (Å²) in [5.74, 6) is 2.98. The molecule has 1 fully saturated rings. The lowest BCUT2D eigenvalue weighted by Gasteiger charge is -2.35. The Kier molecular flexibility index (Phi) is 13.1. The number of piperazine rings is 1. The quantitative estimate of drug-likeness (QED) is 0.274. The van der Waals surface area contributed by atoms with Crippen molar-refractivity contribution in [3.8, 4) is 11.5 Å². The lowest BCUT2D eigenvalue weighted by molar-refractivity contribution is 0.124. The topological polar surface area (TPSA) is 61.4 Å². The number of guanidine groups is 1. The van der Waals surface area contributed by atoms with Crippen molar-refractivity contribution in [2.24, 2.45) is 10.9 Å². The molecule has 8 heteroatoms. The van der Waals surface area contributed by atoms with Crippen molar-refractivity contribution in [3.63, 3.8) is 0 Å². The second-order valence-corrected chi connectivity index (χ2v) is 7.78. The van der Waals surface area contributed by atoms with Crippen molar-refractivity contribution in [2.45, 2.75) is 26.9 Å². The number of nitrogens with one attached hydrogen (secondary N) is 2. The van der Waals surface area contributed by atoms with Gasteiger partial charge >= 0.3 is 0 Å². The summed E-state index contributed by atoms with van der Waals surface area (Å²) in [4.78, 5) is 9.41. The first-order valence-corrected chi connectivity index (χ1v) is 10.7. The highest BCUT2D eigenvalue weighted by atomic mass is 127. The molecule has 0 aromatic heterocycles. The Labute approximate surface area is 199 Å². The molecule has 7 nitrogen and oxygen atoms in total. The molecule has 1 aliphatic heterocycles. The summed E-state index contributed by atoms with van der Waals surface area (Å²) in [6.45, 7) is 15.1. The maximum absolute atomic E-state index is 5.96. The van der Waals surface area contributed by atoms with Crippen LogP contribution in [0.3, 0.4) is 0 Å². The molecule has 0 amide bonds. The first kappa shape index (κ1) is 26.8. The molecule has 0 aliphatic carbocycles. The van der Waals surface area contributed by atoms with Crippen molar-refractivity contribution in [2.75, 3.05) is 66.5 Å². The number of methoxy groups -OCH3 is 1. The Morgan fingerprint density at radius 2 is 1.70 bits per heavy atom. The molecule has 1 saturated heterocycles. The van der Waals surface area contributed by atoms with Crippen LogP contribution in [0.25, 0.3) is 0 Å². The highest BCUT2D eigenvalue weighted by molar-refractivity contribution is 14.0. The van der Waals surface area contributed by atoms with E-state index in [-0.39, 0.29) is 30.1 Å². The van der Waals surface area contributed by atoms with Gasteiger partial charge in [0.25, 0.3) is 0 Å². The number of hydrogen-bond acceptors (Lipinski definition) is 5. The number of hydrogen-bond donors (Lipinski definition) is 2. The number of ether oxygens (including phenoxy) is 2. The van der Waals surface area contributed by atoms with E-state index in [4.69, 9.17) is 9.47 Å². The maximum atomic E-state index is 5.96. The van der Waals surface area contributed by atoms with Crippen LogP contribution in [0.5, 0.6) is 11.5 Å². The van der Waals surface area contributed by atoms with Crippen molar-refractivity contribution in [3.05, 3.63) is 24.3 Å². The van der Waals surface area contributed by atoms with Crippen molar-refractivity contribution < 1.29 is 9.47 Å². The molecule has 0 saturated carbocycles. The molecule has 1 aromatic rings. The Bertz CT molecular complexity index is 623. The van der Waals surface area contributed by atoms with E-state index in [2.05, 4.69) is 39.3 Å². The zero-order valence-corrected chi connectivity index (χ0v) is 21.5. The summed E-state index contributed by atoms with van der Waals surface area (Å²) < 4.78 is 11.2. The van der Waals surface area contributed by atoms with E-state index in [1.807, 2.05) is 31.2 Å². The number of likely N-dealkylation sites (N-methyl/N-ethyl adjacent to an activating group) is 1. The lowest BCUT2D eigenvalue weighted by atomic mass is 10.1. The summed E-state index contributed by atoms with van der Waals surface area (Å²) in [5, 5.41) is 6.80. The third-order valence-corrected chi connectivity index (χ3v) is 5.26. The summed E-state index contributed by atoms with van der Waals surface area (Å²) in [7, 11) is 3.46. The Hall–Kier alpha value is -1.26. The van der Waals surface area contributed by atoms with E-state index in [0.717, 1.165) is 37.1 Å². The molecule has 0 spiro atoms. The van der Waals surface area contributed by atoms with Crippen LogP contribution in [0.2, 0.25) is 0 Å². The third kappa shape index (κ3) is 9.70. The molecule has 0 radical (unpaired) electrons. The molecule has 1 heterocycles. The fraction of sp³-hybridized carbons (Fsp3) is 0.682. The van der Waals surface area contributed by atoms with Crippen LogP contribution in [0.1, 0.15) is 20.8 Å². The minimum Gasteiger partial charge on any atom is -0.497 e. The second kappa shape index (κ2) is 14.7. The fourth-order valence-electron chi connectivity index (χ4n) is 3.47. The summed E-state index contributed by atoms with van der Waals surface area (Å²) >= 11 is 0. The fourth-order valence-corrected chi connectivity index (χ4v) is 3.47. The number of benzene rings is 1. The minimum atomic E-state index is 0. The zero-order chi connectivity index (χ0) is 21.1. The highest BCUT2D eigenvalue weighted by Crippen LogP contribution is 2.19. The van der Waals surface area contributed by atoms with Gasteiger partial charge in [0.05, 0.1) is 13.7 Å². The van der Waals surface area contributed by atoms with Crippen LogP contribution in [-0.2, 0) is 0 Å². The van der Waals surface area contributed by atoms with Crippen molar-refractivity contribution >= 4 is 29.9 Å². The maximum Gasteiger partial charge on any atom is 0.191 e. The summed E-state index contributed by atoms with van der Waals surface area (Å²) in [5.41, 5.74) is 0. The van der Waals surface area contributed by atoms with E-state index in [1.54, 1.807) is 14.2 Å². The molecule has 1 aromatic carbocycles. The van der Waals surface area contributed by atoms with E-state index in [1.165, 1.54) is 26.2 Å². The van der Waals surface area contributed by atoms with Gasteiger partial charge in [-0.05, 0) is 31.5 Å². The van der Waals surface area contributed by atoms with Crippen LogP contribution in [-0.4, -0.2) is 88.4 Å². The van der Waals surface area contributed by atoms with Gasteiger partial charge in [0.15, 0.2) is 5.96 Å². The minimum absolute atomic E-state index is 0. The molecule has 2 rings (SSSR count). The lowest BCUT2D eigenvalue weighted by Crippen LogP contribution is -2.49. The highest BCUT2D eigenvalue weighted by Gasteiger charge is 2.17. The standard InChI is InChI=1S/C22H39N5O2.HI/c1-6-26-10-12-27(13-11-26)17-18(2)15-24-22(23-4)25-16-19(3)29-21-9-7-8-20(14-21)28-5;/h7-9,14,18-19H,6,10-13,15-17H2,1-5H3,(H2,23,24,25);1H. The molecule has 0 bridgehead atoms. The smallest absolute Gasteiger partial charge is 0.191 e. The van der Waals surface area contributed by atoms with Gasteiger partial charge in [-0.25, -0.2) is 0 Å². The van der Waals surface area contributed by atoms with Gasteiger partial charge in [-0.3, -0.25) is 4.99 Å². The predicted octanol–water partition coefficient (Wildman–Crippen LogP) is 2.52. The Balaban J connectivity index is 0.00000450. The van der Waals surface area contributed by atoms with E-state index >= 15 is 0 Å². The van der Waals surface area contributed by atoms with Gasteiger partial charge in [0, 0.05) is 52.4 Å². The van der Waals surface area contributed by atoms with Gasteiger partial charge in [-0.2, -0.15) is 0 Å². The van der Waals surface area contributed by atoms with Gasteiger partial charge in [0.2, 0.25) is 0 Å². The number of rotatable bonds is 10. The van der Waals surface area contributed by atoms with E-state index in [0.29, 0.717) is 12.5 Å². The monoisotopic (exact) mass is 533 g/mol. The number of aliphatic imine (C=N–C) groups is 1. The van der Waals surface area contributed by atoms with Gasteiger partial charge in [-0.15, -0.1) is 24.0 Å². The first-order valence-electron chi connectivity index (χ1n) is 10.7. The molecule has 172 valence electrons. The van der Waals surface area contributed by atoms with E-state index < -0.39 is 0 Å². The normalized spacial score (nSPS) is 17.6. The average Bonchev–Trinajstić information content (AvgIpc) is 2.74.